The van der Waals surface area contributed by atoms with Crippen LogP contribution in [0.4, 0.5) is 0 Å². The second kappa shape index (κ2) is 5.85. The third kappa shape index (κ3) is 9.31. The number of nitrogens with zero attached hydrogens (tertiary/aromatic N) is 1. The average Bonchev–Trinajstić information content (AvgIpc) is 1.98. The minimum absolute atomic E-state index is 0.0743. The normalized spacial score (nSPS) is 13.3. The molecule has 0 bridgehead atoms. The van der Waals surface area contributed by atoms with Gasteiger partial charge < -0.3 is 11.1 Å². The van der Waals surface area contributed by atoms with Gasteiger partial charge in [-0.25, -0.2) is 8.42 Å². The van der Waals surface area contributed by atoms with Crippen molar-refractivity contribution in [1.29, 1.82) is 0 Å². The molecule has 0 aromatic heterocycles. The fourth-order valence-electron chi connectivity index (χ4n) is 0.701. The summed E-state index contributed by atoms with van der Waals surface area (Å²) in [7, 11) is -2.92. The fraction of sp³-hybridized carbons (Fsp3) is 0.875. The molecule has 0 fully saturated rings. The van der Waals surface area contributed by atoms with Crippen molar-refractivity contribution in [3.8, 4) is 0 Å². The smallest absolute Gasteiger partial charge is 0.188 e. The SMILES string of the molecule is CC(C)CN=C(N)NCCS(C)(=O)=O. The Morgan fingerprint density at radius 1 is 1.50 bits per heavy atom. The van der Waals surface area contributed by atoms with Gasteiger partial charge in [-0.05, 0) is 5.92 Å². The second-order valence-corrected chi connectivity index (χ2v) is 5.94. The number of hydrogen-bond acceptors (Lipinski definition) is 3. The standard InChI is InChI=1S/C8H19N3O2S/c1-7(2)6-11-8(9)10-4-5-14(3,12)13/h7H,4-6H2,1-3H3,(H3,9,10,11). The predicted octanol–water partition coefficient (Wildman–Crippen LogP) is -0.409. The summed E-state index contributed by atoms with van der Waals surface area (Å²) in [5.41, 5.74) is 5.50. The molecule has 0 aromatic carbocycles. The maximum absolute atomic E-state index is 10.8. The third-order valence-corrected chi connectivity index (χ3v) is 2.35. The lowest BCUT2D eigenvalue weighted by Crippen LogP contribution is -2.35. The highest BCUT2D eigenvalue weighted by Crippen LogP contribution is 1.90. The van der Waals surface area contributed by atoms with Crippen LogP contribution >= 0.6 is 0 Å². The first-order chi connectivity index (χ1) is 6.31. The van der Waals surface area contributed by atoms with E-state index in [-0.39, 0.29) is 5.75 Å². The molecule has 14 heavy (non-hydrogen) atoms. The molecule has 5 nitrogen and oxygen atoms in total. The summed E-state index contributed by atoms with van der Waals surface area (Å²) < 4.78 is 21.5. The Kier molecular flexibility index (Phi) is 5.52. The van der Waals surface area contributed by atoms with Gasteiger partial charge >= 0.3 is 0 Å². The molecule has 0 radical (unpaired) electrons. The molecule has 0 heterocycles. The van der Waals surface area contributed by atoms with Crippen LogP contribution in [0.5, 0.6) is 0 Å². The molecule has 0 aromatic rings. The van der Waals surface area contributed by atoms with E-state index in [1.54, 1.807) is 0 Å². The van der Waals surface area contributed by atoms with Gasteiger partial charge in [-0.3, -0.25) is 4.99 Å². The van der Waals surface area contributed by atoms with Crippen molar-refractivity contribution in [2.45, 2.75) is 13.8 Å². The molecule has 0 rings (SSSR count). The lowest BCUT2D eigenvalue weighted by atomic mass is 10.2. The van der Waals surface area contributed by atoms with E-state index < -0.39 is 9.84 Å². The average molecular weight is 221 g/mol. The monoisotopic (exact) mass is 221 g/mol. The lowest BCUT2D eigenvalue weighted by molar-refractivity contribution is 0.600. The van der Waals surface area contributed by atoms with Gasteiger partial charge in [-0.1, -0.05) is 13.8 Å². The number of nitrogens with one attached hydrogen (secondary N) is 1. The highest BCUT2D eigenvalue weighted by molar-refractivity contribution is 7.90. The van der Waals surface area contributed by atoms with E-state index in [9.17, 15) is 8.42 Å². The molecular weight excluding hydrogens is 202 g/mol. The molecule has 0 amide bonds. The van der Waals surface area contributed by atoms with Crippen molar-refractivity contribution in [3.63, 3.8) is 0 Å². The van der Waals surface area contributed by atoms with Gasteiger partial charge in [0.25, 0.3) is 0 Å². The molecule has 6 heteroatoms. The number of nitrogens with two attached hydrogens (primary N) is 1. The summed E-state index contributed by atoms with van der Waals surface area (Å²) in [6, 6.07) is 0. The Morgan fingerprint density at radius 2 is 2.07 bits per heavy atom. The van der Waals surface area contributed by atoms with Gasteiger partial charge in [-0.15, -0.1) is 0 Å². The summed E-state index contributed by atoms with van der Waals surface area (Å²) >= 11 is 0. The lowest BCUT2D eigenvalue weighted by Gasteiger charge is -2.05. The summed E-state index contributed by atoms with van der Waals surface area (Å²) in [6.07, 6.45) is 1.19. The predicted molar refractivity (Wildman–Crippen MR) is 59.0 cm³/mol. The molecule has 0 aliphatic carbocycles. The van der Waals surface area contributed by atoms with Crippen LogP contribution in [0.3, 0.4) is 0 Å². The minimum atomic E-state index is -2.92. The topological polar surface area (TPSA) is 84.5 Å². The number of sulfone groups is 1. The Balaban J connectivity index is 3.74. The molecule has 0 aliphatic rings. The zero-order valence-corrected chi connectivity index (χ0v) is 9.76. The molecule has 0 spiro atoms. The van der Waals surface area contributed by atoms with Gasteiger partial charge in [0.1, 0.15) is 9.84 Å². The zero-order chi connectivity index (χ0) is 11.2. The first kappa shape index (κ1) is 13.2. The maximum Gasteiger partial charge on any atom is 0.188 e. The third-order valence-electron chi connectivity index (χ3n) is 1.41. The minimum Gasteiger partial charge on any atom is -0.370 e. The quantitative estimate of drug-likeness (QED) is 0.488. The van der Waals surface area contributed by atoms with E-state index in [0.717, 1.165) is 0 Å². The van der Waals surface area contributed by atoms with Crippen LogP contribution in [0.2, 0.25) is 0 Å². The van der Waals surface area contributed by atoms with Crippen LogP contribution in [0.25, 0.3) is 0 Å². The molecule has 3 N–H and O–H groups in total. The highest BCUT2D eigenvalue weighted by Gasteiger charge is 2.01. The van der Waals surface area contributed by atoms with Crippen LogP contribution < -0.4 is 11.1 Å². The number of rotatable bonds is 5. The molecule has 0 unspecified atom stereocenters. The fourth-order valence-corrected chi connectivity index (χ4v) is 1.17. The first-order valence-electron chi connectivity index (χ1n) is 4.53. The Labute approximate surface area is 85.7 Å². The van der Waals surface area contributed by atoms with Gasteiger partial charge in [-0.2, -0.15) is 0 Å². The van der Waals surface area contributed by atoms with E-state index in [1.807, 2.05) is 13.8 Å². The van der Waals surface area contributed by atoms with Crippen LogP contribution in [0.1, 0.15) is 13.8 Å². The van der Waals surface area contributed by atoms with E-state index >= 15 is 0 Å². The molecule has 0 saturated carbocycles. The van der Waals surface area contributed by atoms with E-state index in [1.165, 1.54) is 6.26 Å². The van der Waals surface area contributed by atoms with Crippen molar-refractivity contribution < 1.29 is 8.42 Å². The largest absolute Gasteiger partial charge is 0.370 e. The Morgan fingerprint density at radius 3 is 2.50 bits per heavy atom. The second-order valence-electron chi connectivity index (χ2n) is 3.68. The van der Waals surface area contributed by atoms with Crippen LogP contribution in [0.15, 0.2) is 4.99 Å². The van der Waals surface area contributed by atoms with Crippen molar-refractivity contribution in [1.82, 2.24) is 5.32 Å². The number of aliphatic imine (C=N–C) groups is 1. The highest BCUT2D eigenvalue weighted by atomic mass is 32.2. The first-order valence-corrected chi connectivity index (χ1v) is 6.59. The van der Waals surface area contributed by atoms with E-state index in [0.29, 0.717) is 25.0 Å². The molecular formula is C8H19N3O2S. The van der Waals surface area contributed by atoms with Crippen molar-refractivity contribution >= 4 is 15.8 Å². The maximum atomic E-state index is 10.8. The van der Waals surface area contributed by atoms with Crippen LogP contribution in [0, 0.1) is 5.92 Å². The summed E-state index contributed by atoms with van der Waals surface area (Å²) in [6.45, 7) is 5.03. The van der Waals surface area contributed by atoms with Gasteiger partial charge in [0.2, 0.25) is 0 Å². The molecule has 0 saturated heterocycles. The van der Waals surface area contributed by atoms with Gasteiger partial charge in [0.05, 0.1) is 5.75 Å². The van der Waals surface area contributed by atoms with Gasteiger partial charge in [0, 0.05) is 19.3 Å². The van der Waals surface area contributed by atoms with Crippen molar-refractivity contribution in [2.75, 3.05) is 25.1 Å². The summed E-state index contributed by atoms with van der Waals surface area (Å²) in [5, 5.41) is 2.74. The van der Waals surface area contributed by atoms with Crippen molar-refractivity contribution in [2.24, 2.45) is 16.6 Å². The van der Waals surface area contributed by atoms with Crippen LogP contribution in [-0.2, 0) is 9.84 Å². The number of hydrogen-bond donors (Lipinski definition) is 2. The van der Waals surface area contributed by atoms with E-state index in [4.69, 9.17) is 5.73 Å². The molecule has 84 valence electrons. The Bertz CT molecular complexity index is 283. The number of guanidine groups is 1. The van der Waals surface area contributed by atoms with Crippen molar-refractivity contribution in [3.05, 3.63) is 0 Å². The molecule has 0 atom stereocenters. The summed E-state index contributed by atoms with van der Waals surface area (Å²) in [5.74, 6) is 0.831. The van der Waals surface area contributed by atoms with Crippen LogP contribution in [-0.4, -0.2) is 39.5 Å². The van der Waals surface area contributed by atoms with E-state index in [2.05, 4.69) is 10.3 Å². The van der Waals surface area contributed by atoms with Gasteiger partial charge in [0.15, 0.2) is 5.96 Å². The Hall–Kier alpha value is -0.780. The summed E-state index contributed by atoms with van der Waals surface area (Å²) in [4.78, 5) is 4.03. The zero-order valence-electron chi connectivity index (χ0n) is 8.95. The molecule has 0 aliphatic heterocycles.